The number of carbonyl (C=O) groups is 1. The Hall–Kier alpha value is -2.15. The van der Waals surface area contributed by atoms with Crippen LogP contribution in [0.25, 0.3) is 0 Å². The number of hydrogen-bond acceptors (Lipinski definition) is 5. The lowest BCUT2D eigenvalue weighted by molar-refractivity contribution is -0.384. The molecule has 0 aliphatic rings. The molecule has 0 saturated heterocycles. The monoisotopic (exact) mass is 281 g/mol. The molecule has 0 fully saturated rings. The van der Waals surface area contributed by atoms with E-state index in [1.807, 2.05) is 6.92 Å². The van der Waals surface area contributed by atoms with Crippen molar-refractivity contribution in [2.75, 3.05) is 26.2 Å². The maximum atomic E-state index is 11.3. The molecule has 0 saturated carbocycles. The maximum Gasteiger partial charge on any atom is 0.269 e. The van der Waals surface area contributed by atoms with E-state index in [9.17, 15) is 14.9 Å². The zero-order valence-electron chi connectivity index (χ0n) is 11.4. The molecule has 0 aliphatic heterocycles. The van der Waals surface area contributed by atoms with Gasteiger partial charge in [0.1, 0.15) is 12.4 Å². The third kappa shape index (κ3) is 6.14. The van der Waals surface area contributed by atoms with Crippen LogP contribution in [0.5, 0.6) is 5.75 Å². The van der Waals surface area contributed by atoms with Gasteiger partial charge in [0.05, 0.1) is 11.5 Å². The first-order valence-corrected chi connectivity index (χ1v) is 6.48. The highest BCUT2D eigenvalue weighted by Gasteiger charge is 2.04. The fraction of sp³-hybridized carbons (Fsp3) is 0.462. The van der Waals surface area contributed by atoms with Gasteiger partial charge in [-0.25, -0.2) is 0 Å². The summed E-state index contributed by atoms with van der Waals surface area (Å²) in [6, 6.07) is 5.88. The number of hydrogen-bond donors (Lipinski definition) is 2. The van der Waals surface area contributed by atoms with E-state index in [0.29, 0.717) is 25.4 Å². The number of nitro groups is 1. The summed E-state index contributed by atoms with van der Waals surface area (Å²) in [7, 11) is 0. The van der Waals surface area contributed by atoms with Crippen LogP contribution in [0.3, 0.4) is 0 Å². The Kier molecular flexibility index (Phi) is 7.05. The van der Waals surface area contributed by atoms with Gasteiger partial charge in [0.2, 0.25) is 5.91 Å². The van der Waals surface area contributed by atoms with E-state index in [2.05, 4.69) is 10.6 Å². The first kappa shape index (κ1) is 15.9. The average molecular weight is 281 g/mol. The van der Waals surface area contributed by atoms with Gasteiger partial charge in [0.25, 0.3) is 5.69 Å². The van der Waals surface area contributed by atoms with Gasteiger partial charge in [0.15, 0.2) is 0 Å². The van der Waals surface area contributed by atoms with E-state index >= 15 is 0 Å². The number of ether oxygens (including phenoxy) is 1. The van der Waals surface area contributed by atoms with Crippen molar-refractivity contribution in [2.24, 2.45) is 0 Å². The molecule has 1 amide bonds. The smallest absolute Gasteiger partial charge is 0.269 e. The Bertz CT molecular complexity index is 434. The predicted molar refractivity (Wildman–Crippen MR) is 74.8 cm³/mol. The number of non-ortho nitro benzene ring substituents is 1. The fourth-order valence-corrected chi connectivity index (χ4v) is 1.43. The molecule has 7 heteroatoms. The van der Waals surface area contributed by atoms with Gasteiger partial charge in [-0.3, -0.25) is 14.9 Å². The largest absolute Gasteiger partial charge is 0.492 e. The molecule has 0 atom stereocenters. The molecule has 0 aliphatic carbocycles. The van der Waals surface area contributed by atoms with Crippen LogP contribution < -0.4 is 15.4 Å². The normalized spacial score (nSPS) is 10.1. The van der Waals surface area contributed by atoms with Crippen LogP contribution in [0.4, 0.5) is 5.69 Å². The standard InChI is InChI=1S/C13H19N3O4/c1-2-7-15-13(17)10-14-8-9-20-12-5-3-11(4-6-12)16(18)19/h3-6,14H,2,7-10H2,1H3,(H,15,17). The lowest BCUT2D eigenvalue weighted by atomic mass is 10.3. The van der Waals surface area contributed by atoms with Crippen LogP contribution in [0.1, 0.15) is 13.3 Å². The molecule has 7 nitrogen and oxygen atoms in total. The molecule has 1 rings (SSSR count). The van der Waals surface area contributed by atoms with Gasteiger partial charge in [-0.15, -0.1) is 0 Å². The summed E-state index contributed by atoms with van der Waals surface area (Å²) in [5.41, 5.74) is 0.0306. The van der Waals surface area contributed by atoms with Gasteiger partial charge in [0, 0.05) is 25.2 Å². The molecule has 110 valence electrons. The zero-order valence-corrected chi connectivity index (χ0v) is 11.4. The molecular formula is C13H19N3O4. The first-order valence-electron chi connectivity index (χ1n) is 6.48. The molecule has 1 aromatic rings. The lowest BCUT2D eigenvalue weighted by Gasteiger charge is -2.07. The second-order valence-electron chi connectivity index (χ2n) is 4.13. The van der Waals surface area contributed by atoms with E-state index in [-0.39, 0.29) is 18.1 Å². The summed E-state index contributed by atoms with van der Waals surface area (Å²) in [6.45, 7) is 3.84. The number of nitro benzene ring substituents is 1. The fourth-order valence-electron chi connectivity index (χ4n) is 1.43. The highest BCUT2D eigenvalue weighted by molar-refractivity contribution is 5.77. The topological polar surface area (TPSA) is 93.5 Å². The van der Waals surface area contributed by atoms with Gasteiger partial charge >= 0.3 is 0 Å². The summed E-state index contributed by atoms with van der Waals surface area (Å²) in [5, 5.41) is 16.2. The number of nitrogens with one attached hydrogen (secondary N) is 2. The molecule has 0 bridgehead atoms. The number of carbonyl (C=O) groups excluding carboxylic acids is 1. The van der Waals surface area contributed by atoms with Crippen molar-refractivity contribution in [3.63, 3.8) is 0 Å². The number of rotatable bonds is 9. The minimum absolute atomic E-state index is 0.0306. The number of amides is 1. The Labute approximate surface area is 117 Å². The van der Waals surface area contributed by atoms with E-state index in [4.69, 9.17) is 4.74 Å². The van der Waals surface area contributed by atoms with Crippen molar-refractivity contribution in [1.29, 1.82) is 0 Å². The lowest BCUT2D eigenvalue weighted by Crippen LogP contribution is -2.35. The molecule has 0 radical (unpaired) electrons. The van der Waals surface area contributed by atoms with Crippen molar-refractivity contribution in [2.45, 2.75) is 13.3 Å². The van der Waals surface area contributed by atoms with Crippen molar-refractivity contribution in [1.82, 2.24) is 10.6 Å². The number of nitrogens with zero attached hydrogens (tertiary/aromatic N) is 1. The van der Waals surface area contributed by atoms with Crippen LogP contribution >= 0.6 is 0 Å². The molecule has 0 spiro atoms. The molecule has 1 aromatic carbocycles. The Morgan fingerprint density at radius 1 is 1.30 bits per heavy atom. The van der Waals surface area contributed by atoms with Crippen LogP contribution in [0.15, 0.2) is 24.3 Å². The van der Waals surface area contributed by atoms with Gasteiger partial charge in [-0.05, 0) is 18.6 Å². The SMILES string of the molecule is CCCNC(=O)CNCCOc1ccc([N+](=O)[O-])cc1. The van der Waals surface area contributed by atoms with Crippen molar-refractivity contribution in [3.8, 4) is 5.75 Å². The van der Waals surface area contributed by atoms with Crippen LogP contribution in [-0.2, 0) is 4.79 Å². The van der Waals surface area contributed by atoms with Gasteiger partial charge in [-0.1, -0.05) is 6.92 Å². The third-order valence-corrected chi connectivity index (χ3v) is 2.45. The summed E-state index contributed by atoms with van der Waals surface area (Å²) >= 11 is 0. The quantitative estimate of drug-likeness (QED) is 0.401. The van der Waals surface area contributed by atoms with E-state index in [1.54, 1.807) is 12.1 Å². The minimum Gasteiger partial charge on any atom is -0.492 e. The third-order valence-electron chi connectivity index (χ3n) is 2.45. The molecule has 20 heavy (non-hydrogen) atoms. The predicted octanol–water partition coefficient (Wildman–Crippen LogP) is 1.09. The second kappa shape index (κ2) is 8.87. The van der Waals surface area contributed by atoms with Crippen molar-refractivity contribution < 1.29 is 14.5 Å². The van der Waals surface area contributed by atoms with Gasteiger partial charge < -0.3 is 15.4 Å². The van der Waals surface area contributed by atoms with Gasteiger partial charge in [-0.2, -0.15) is 0 Å². The zero-order chi connectivity index (χ0) is 14.8. The average Bonchev–Trinajstić information content (AvgIpc) is 2.45. The Morgan fingerprint density at radius 2 is 2.00 bits per heavy atom. The van der Waals surface area contributed by atoms with Crippen LogP contribution in [-0.4, -0.2) is 37.1 Å². The molecule has 0 aromatic heterocycles. The van der Waals surface area contributed by atoms with Crippen molar-refractivity contribution >= 4 is 11.6 Å². The minimum atomic E-state index is -0.458. The highest BCUT2D eigenvalue weighted by Crippen LogP contribution is 2.16. The highest BCUT2D eigenvalue weighted by atomic mass is 16.6. The summed E-state index contributed by atoms with van der Waals surface area (Å²) in [6.07, 6.45) is 0.912. The van der Waals surface area contributed by atoms with E-state index in [0.717, 1.165) is 6.42 Å². The number of benzene rings is 1. The summed E-state index contributed by atoms with van der Waals surface area (Å²) < 4.78 is 5.39. The first-order chi connectivity index (χ1) is 9.63. The van der Waals surface area contributed by atoms with Crippen molar-refractivity contribution in [3.05, 3.63) is 34.4 Å². The molecule has 0 unspecified atom stereocenters. The van der Waals surface area contributed by atoms with E-state index < -0.39 is 4.92 Å². The van der Waals surface area contributed by atoms with Crippen LogP contribution in [0, 0.1) is 10.1 Å². The summed E-state index contributed by atoms with van der Waals surface area (Å²) in [4.78, 5) is 21.3. The molecule has 0 heterocycles. The molecular weight excluding hydrogens is 262 g/mol. The van der Waals surface area contributed by atoms with Crippen LogP contribution in [0.2, 0.25) is 0 Å². The Balaban J connectivity index is 2.15. The summed E-state index contributed by atoms with van der Waals surface area (Å²) in [5.74, 6) is 0.523. The molecule has 2 N–H and O–H groups in total. The maximum absolute atomic E-state index is 11.3. The van der Waals surface area contributed by atoms with E-state index in [1.165, 1.54) is 12.1 Å². The second-order valence-corrected chi connectivity index (χ2v) is 4.13. The Morgan fingerprint density at radius 3 is 2.60 bits per heavy atom.